The predicted octanol–water partition coefficient (Wildman–Crippen LogP) is 3.98. The number of nitrogens with zero attached hydrogens (tertiary/aromatic N) is 5. The number of anilines is 1. The minimum atomic E-state index is 0.0289. The van der Waals surface area contributed by atoms with Crippen LogP contribution in [0.5, 0.6) is 0 Å². The van der Waals surface area contributed by atoms with Gasteiger partial charge >= 0.3 is 0 Å². The Balaban J connectivity index is 1.66. The van der Waals surface area contributed by atoms with Crippen LogP contribution in [0.25, 0.3) is 28.3 Å². The van der Waals surface area contributed by atoms with Gasteiger partial charge in [-0.25, -0.2) is 0 Å². The van der Waals surface area contributed by atoms with Gasteiger partial charge in [-0.15, -0.1) is 10.2 Å². The van der Waals surface area contributed by atoms with Crippen LogP contribution >= 0.6 is 0 Å². The Kier molecular flexibility index (Phi) is 5.05. The first-order valence-electron chi connectivity index (χ1n) is 9.28. The van der Waals surface area contributed by atoms with E-state index in [1.165, 1.54) is 0 Å². The summed E-state index contributed by atoms with van der Waals surface area (Å²) in [5.41, 5.74) is 4.00. The molecule has 140 valence electrons. The van der Waals surface area contributed by atoms with Crippen molar-refractivity contribution in [2.75, 3.05) is 5.32 Å². The summed E-state index contributed by atoms with van der Waals surface area (Å²) < 4.78 is 1.72. The highest BCUT2D eigenvalue weighted by Gasteiger charge is 2.11. The summed E-state index contributed by atoms with van der Waals surface area (Å²) in [5, 5.41) is 16.1. The van der Waals surface area contributed by atoms with Crippen LogP contribution in [0.4, 0.5) is 5.69 Å². The second-order valence-corrected chi connectivity index (χ2v) is 6.48. The molecule has 7 nitrogen and oxygen atoms in total. The largest absolute Gasteiger partial charge is 0.326 e. The Morgan fingerprint density at radius 1 is 1.04 bits per heavy atom. The minimum absolute atomic E-state index is 0.0289. The summed E-state index contributed by atoms with van der Waals surface area (Å²) in [6.45, 7) is 2.07. The molecule has 0 aliphatic heterocycles. The highest BCUT2D eigenvalue weighted by Crippen LogP contribution is 2.23. The van der Waals surface area contributed by atoms with Crippen LogP contribution in [0.2, 0.25) is 0 Å². The third-order valence-corrected chi connectivity index (χ3v) is 4.40. The number of carbonyl (C=O) groups excluding carboxylic acids is 1. The molecule has 3 aromatic heterocycles. The van der Waals surface area contributed by atoms with Crippen LogP contribution in [0.3, 0.4) is 0 Å². The monoisotopic (exact) mass is 372 g/mol. The molecule has 7 heteroatoms. The Morgan fingerprint density at radius 2 is 1.89 bits per heavy atom. The number of fused-ring (bicyclic) bond motifs is 1. The highest BCUT2D eigenvalue weighted by molar-refractivity contribution is 5.91. The minimum Gasteiger partial charge on any atom is -0.326 e. The Hall–Kier alpha value is -3.61. The van der Waals surface area contributed by atoms with Gasteiger partial charge in [-0.3, -0.25) is 9.78 Å². The molecule has 0 saturated carbocycles. The van der Waals surface area contributed by atoms with E-state index in [0.29, 0.717) is 17.9 Å². The van der Waals surface area contributed by atoms with Gasteiger partial charge in [0.2, 0.25) is 5.91 Å². The first-order chi connectivity index (χ1) is 13.7. The SMILES string of the molecule is CCCCC(=O)Nc1cccc(-c2ccc3nnc(-c4ccncc4)n3n2)c1. The molecule has 0 radical (unpaired) electrons. The van der Waals surface area contributed by atoms with Crippen LogP contribution in [0.1, 0.15) is 26.2 Å². The van der Waals surface area contributed by atoms with Crippen LogP contribution in [0.15, 0.2) is 60.9 Å². The van der Waals surface area contributed by atoms with Gasteiger partial charge in [0.25, 0.3) is 0 Å². The summed E-state index contributed by atoms with van der Waals surface area (Å²) >= 11 is 0. The fraction of sp³-hybridized carbons (Fsp3) is 0.190. The second-order valence-electron chi connectivity index (χ2n) is 6.48. The van der Waals surface area contributed by atoms with Crippen molar-refractivity contribution >= 4 is 17.2 Å². The van der Waals surface area contributed by atoms with E-state index in [2.05, 4.69) is 27.4 Å². The van der Waals surface area contributed by atoms with Crippen molar-refractivity contribution in [3.8, 4) is 22.6 Å². The molecule has 4 rings (SSSR count). The van der Waals surface area contributed by atoms with Gasteiger partial charge in [-0.05, 0) is 42.8 Å². The van der Waals surface area contributed by atoms with E-state index >= 15 is 0 Å². The molecule has 0 saturated heterocycles. The maximum absolute atomic E-state index is 12.0. The molecule has 1 aromatic carbocycles. The van der Waals surface area contributed by atoms with Gasteiger partial charge in [0.1, 0.15) is 0 Å². The fourth-order valence-electron chi connectivity index (χ4n) is 2.94. The van der Waals surface area contributed by atoms with Crippen molar-refractivity contribution in [2.24, 2.45) is 0 Å². The van der Waals surface area contributed by atoms with E-state index in [4.69, 9.17) is 5.10 Å². The van der Waals surface area contributed by atoms with E-state index < -0.39 is 0 Å². The number of hydrogen-bond donors (Lipinski definition) is 1. The van der Waals surface area contributed by atoms with Gasteiger partial charge in [0.05, 0.1) is 5.69 Å². The summed E-state index contributed by atoms with van der Waals surface area (Å²) in [5.74, 6) is 0.685. The number of hydrogen-bond acceptors (Lipinski definition) is 5. The smallest absolute Gasteiger partial charge is 0.224 e. The van der Waals surface area contributed by atoms with Crippen molar-refractivity contribution < 1.29 is 4.79 Å². The van der Waals surface area contributed by atoms with Crippen molar-refractivity contribution in [3.63, 3.8) is 0 Å². The number of aromatic nitrogens is 5. The molecule has 0 unspecified atom stereocenters. The van der Waals surface area contributed by atoms with E-state index in [0.717, 1.165) is 35.3 Å². The molecule has 0 fully saturated rings. The summed E-state index contributed by atoms with van der Waals surface area (Å²) in [7, 11) is 0. The zero-order valence-corrected chi connectivity index (χ0v) is 15.5. The van der Waals surface area contributed by atoms with E-state index in [1.54, 1.807) is 16.9 Å². The number of rotatable bonds is 6. The number of carbonyl (C=O) groups is 1. The molecule has 1 amide bonds. The summed E-state index contributed by atoms with van der Waals surface area (Å²) in [6, 6.07) is 15.2. The van der Waals surface area contributed by atoms with E-state index in [-0.39, 0.29) is 5.91 Å². The predicted molar refractivity (Wildman–Crippen MR) is 108 cm³/mol. The average molecular weight is 372 g/mol. The second kappa shape index (κ2) is 7.96. The quantitative estimate of drug-likeness (QED) is 0.553. The number of pyridine rings is 1. The normalized spacial score (nSPS) is 10.9. The molecule has 4 aromatic rings. The van der Waals surface area contributed by atoms with Crippen molar-refractivity contribution in [1.82, 2.24) is 24.8 Å². The number of unbranched alkanes of at least 4 members (excludes halogenated alkanes) is 1. The molecule has 1 N–H and O–H groups in total. The topological polar surface area (TPSA) is 85.1 Å². The van der Waals surface area contributed by atoms with E-state index in [9.17, 15) is 4.79 Å². The van der Waals surface area contributed by atoms with Gasteiger partial charge < -0.3 is 5.32 Å². The molecule has 3 heterocycles. The number of amides is 1. The first kappa shape index (κ1) is 17.8. The van der Waals surface area contributed by atoms with Crippen LogP contribution in [-0.2, 0) is 4.79 Å². The number of benzene rings is 1. The maximum atomic E-state index is 12.0. The van der Waals surface area contributed by atoms with Crippen LogP contribution in [0, 0.1) is 0 Å². The van der Waals surface area contributed by atoms with Crippen molar-refractivity contribution in [3.05, 3.63) is 60.9 Å². The fourth-order valence-corrected chi connectivity index (χ4v) is 2.94. The maximum Gasteiger partial charge on any atom is 0.224 e. The van der Waals surface area contributed by atoms with E-state index in [1.807, 2.05) is 48.5 Å². The Morgan fingerprint density at radius 3 is 2.71 bits per heavy atom. The number of nitrogens with one attached hydrogen (secondary N) is 1. The molecule has 28 heavy (non-hydrogen) atoms. The van der Waals surface area contributed by atoms with Gasteiger partial charge in [0, 0.05) is 35.6 Å². The average Bonchev–Trinajstić information content (AvgIpc) is 3.16. The molecule has 0 aliphatic rings. The Labute approximate surface area is 162 Å². The molecule has 0 atom stereocenters. The van der Waals surface area contributed by atoms with Gasteiger partial charge in [0.15, 0.2) is 11.5 Å². The molecule has 0 aliphatic carbocycles. The first-order valence-corrected chi connectivity index (χ1v) is 9.28. The van der Waals surface area contributed by atoms with Crippen LogP contribution < -0.4 is 5.32 Å². The van der Waals surface area contributed by atoms with Crippen molar-refractivity contribution in [2.45, 2.75) is 26.2 Å². The highest BCUT2D eigenvalue weighted by atomic mass is 16.1. The lowest BCUT2D eigenvalue weighted by Crippen LogP contribution is -2.10. The van der Waals surface area contributed by atoms with Gasteiger partial charge in [-0.2, -0.15) is 9.61 Å². The molecular formula is C21H20N6O. The third kappa shape index (κ3) is 3.73. The zero-order valence-electron chi connectivity index (χ0n) is 15.5. The lowest BCUT2D eigenvalue weighted by atomic mass is 10.1. The molecular weight excluding hydrogens is 352 g/mol. The van der Waals surface area contributed by atoms with Crippen molar-refractivity contribution in [1.29, 1.82) is 0 Å². The lowest BCUT2D eigenvalue weighted by molar-refractivity contribution is -0.116. The standard InChI is InChI=1S/C21H20N6O/c1-2-3-7-20(28)23-17-6-4-5-16(14-17)18-8-9-19-24-25-21(27(19)26-18)15-10-12-22-13-11-15/h4-6,8-14H,2-3,7H2,1H3,(H,23,28). The van der Waals surface area contributed by atoms with Crippen LogP contribution in [-0.4, -0.2) is 30.7 Å². The zero-order chi connectivity index (χ0) is 19.3. The lowest BCUT2D eigenvalue weighted by Gasteiger charge is -2.08. The third-order valence-electron chi connectivity index (χ3n) is 4.40. The summed E-state index contributed by atoms with van der Waals surface area (Å²) in [6.07, 6.45) is 5.84. The molecule has 0 bridgehead atoms. The molecule has 0 spiro atoms. The van der Waals surface area contributed by atoms with Gasteiger partial charge in [-0.1, -0.05) is 25.5 Å². The summed E-state index contributed by atoms with van der Waals surface area (Å²) in [4.78, 5) is 16.0. The Bertz CT molecular complexity index is 1110.